The number of nitrogens with zero attached hydrogens (tertiary/aromatic N) is 1. The number of hydrogen-bond donors (Lipinski definition) is 2. The van der Waals surface area contributed by atoms with Gasteiger partial charge in [-0.15, -0.1) is 0 Å². The van der Waals surface area contributed by atoms with Gasteiger partial charge in [-0.3, -0.25) is 4.98 Å². The smallest absolute Gasteiger partial charge is 0.377 e. The van der Waals surface area contributed by atoms with Crippen molar-refractivity contribution >= 4 is 17.8 Å². The summed E-state index contributed by atoms with van der Waals surface area (Å²) in [6.45, 7) is 11.6. The molecule has 0 bridgehead atoms. The predicted molar refractivity (Wildman–Crippen MR) is 115 cm³/mol. The standard InChI is InChI=1S/C17H43N3O6Si2/c1-7-24-28(25-8-2,26-9-3)19-13-16-20(14-10-12-18)15-11-17-27(21-4,22-5)23-6/h19H,7-18H2,1-6H3. The molecule has 0 aromatic heterocycles. The van der Waals surface area contributed by atoms with Crippen LogP contribution in [0.5, 0.6) is 0 Å². The van der Waals surface area contributed by atoms with Crippen LogP contribution in [0, 0.1) is 0 Å². The molecule has 0 unspecified atom stereocenters. The third kappa shape index (κ3) is 10.7. The van der Waals surface area contributed by atoms with Crippen molar-refractivity contribution in [2.75, 3.05) is 73.9 Å². The average Bonchev–Trinajstić information content (AvgIpc) is 2.70. The summed E-state index contributed by atoms with van der Waals surface area (Å²) in [7, 11) is -0.413. The van der Waals surface area contributed by atoms with E-state index in [-0.39, 0.29) is 0 Å². The Bertz CT molecular complexity index is 343. The van der Waals surface area contributed by atoms with Crippen LogP contribution in [0.4, 0.5) is 0 Å². The molecule has 0 aromatic rings. The van der Waals surface area contributed by atoms with Gasteiger partial charge in [0.05, 0.1) is 0 Å². The normalized spacial score (nSPS) is 12.9. The summed E-state index contributed by atoms with van der Waals surface area (Å²) >= 11 is 0. The van der Waals surface area contributed by atoms with Crippen molar-refractivity contribution in [2.45, 2.75) is 39.7 Å². The summed E-state index contributed by atoms with van der Waals surface area (Å²) in [5.41, 5.74) is 5.71. The molecule has 0 rings (SSSR count). The van der Waals surface area contributed by atoms with Gasteiger partial charge in [0.15, 0.2) is 0 Å². The lowest BCUT2D eigenvalue weighted by molar-refractivity contribution is 0.0590. The van der Waals surface area contributed by atoms with Gasteiger partial charge in [-0.2, -0.15) is 0 Å². The molecule has 170 valence electrons. The molecule has 0 atom stereocenters. The summed E-state index contributed by atoms with van der Waals surface area (Å²) in [5.74, 6) is 0. The third-order valence-corrected chi connectivity index (χ3v) is 9.86. The second-order valence-corrected chi connectivity index (χ2v) is 11.6. The molecule has 0 spiro atoms. The fourth-order valence-electron chi connectivity index (χ4n) is 2.94. The van der Waals surface area contributed by atoms with Crippen LogP contribution in [0.15, 0.2) is 0 Å². The highest BCUT2D eigenvalue weighted by Gasteiger charge is 2.41. The number of nitrogens with one attached hydrogen (secondary N) is 1. The number of rotatable bonds is 20. The van der Waals surface area contributed by atoms with Crippen LogP contribution in [0.1, 0.15) is 33.6 Å². The van der Waals surface area contributed by atoms with Crippen molar-refractivity contribution in [3.05, 3.63) is 0 Å². The van der Waals surface area contributed by atoms with Crippen LogP contribution in [0.3, 0.4) is 0 Å². The fraction of sp³-hybridized carbons (Fsp3) is 1.00. The van der Waals surface area contributed by atoms with E-state index in [1.807, 2.05) is 20.8 Å². The zero-order chi connectivity index (χ0) is 21.3. The zero-order valence-electron chi connectivity index (χ0n) is 18.8. The lowest BCUT2D eigenvalue weighted by Gasteiger charge is -2.30. The Balaban J connectivity index is 4.68. The molecule has 0 aromatic carbocycles. The quantitative estimate of drug-likeness (QED) is 0.269. The maximum absolute atomic E-state index is 5.84. The van der Waals surface area contributed by atoms with Crippen molar-refractivity contribution in [3.8, 4) is 0 Å². The van der Waals surface area contributed by atoms with Gasteiger partial charge in [0, 0.05) is 60.3 Å². The summed E-state index contributed by atoms with van der Waals surface area (Å²) < 4.78 is 34.0. The van der Waals surface area contributed by atoms with Crippen molar-refractivity contribution in [2.24, 2.45) is 5.73 Å². The molecule has 0 radical (unpaired) electrons. The largest absolute Gasteiger partial charge is 0.596 e. The van der Waals surface area contributed by atoms with E-state index < -0.39 is 17.8 Å². The summed E-state index contributed by atoms with van der Waals surface area (Å²) in [6, 6.07) is 0.776. The third-order valence-electron chi connectivity index (χ3n) is 4.34. The molecule has 0 aliphatic heterocycles. The Morgan fingerprint density at radius 2 is 1.29 bits per heavy atom. The molecule has 9 nitrogen and oxygen atoms in total. The maximum atomic E-state index is 5.84. The molecule has 0 saturated carbocycles. The molecular formula is C17H43N3O6Si2. The summed E-state index contributed by atoms with van der Waals surface area (Å²) in [4.78, 5) is 5.79. The molecule has 11 heteroatoms. The molecule has 0 saturated heterocycles. The van der Waals surface area contributed by atoms with E-state index in [0.29, 0.717) is 26.4 Å². The molecule has 0 heterocycles. The first-order chi connectivity index (χ1) is 13.5. The van der Waals surface area contributed by atoms with E-state index in [9.17, 15) is 0 Å². The average molecular weight is 442 g/mol. The summed E-state index contributed by atoms with van der Waals surface area (Å²) in [5, 5.41) is 0. The number of hydrogen-bond acceptors (Lipinski definition) is 9. The van der Waals surface area contributed by atoms with Crippen LogP contribution in [0.25, 0.3) is 0 Å². The molecule has 0 aliphatic rings. The Kier molecular flexibility index (Phi) is 16.9. The minimum Gasteiger partial charge on any atom is -0.377 e. The van der Waals surface area contributed by atoms with Gasteiger partial charge in [-0.25, -0.2) is 0 Å². The van der Waals surface area contributed by atoms with Gasteiger partial charge in [0.25, 0.3) is 0 Å². The first kappa shape index (κ1) is 28.1. The highest BCUT2D eigenvalue weighted by atomic mass is 28.4. The van der Waals surface area contributed by atoms with Gasteiger partial charge in [0.2, 0.25) is 0 Å². The second-order valence-electron chi connectivity index (χ2n) is 6.16. The molecule has 0 aliphatic carbocycles. The monoisotopic (exact) mass is 441 g/mol. The predicted octanol–water partition coefficient (Wildman–Crippen LogP) is 1.04. The Labute approximate surface area is 173 Å². The molecular weight excluding hydrogens is 398 g/mol. The van der Waals surface area contributed by atoms with Crippen molar-refractivity contribution < 1.29 is 26.6 Å². The van der Waals surface area contributed by atoms with E-state index in [4.69, 9.17) is 32.3 Å². The van der Waals surface area contributed by atoms with E-state index in [1.165, 1.54) is 0 Å². The molecule has 0 amide bonds. The Hall–Kier alpha value is 0.0738. The van der Waals surface area contributed by atoms with Crippen LogP contribution in [-0.2, 0) is 26.6 Å². The molecule has 3 N–H and O–H groups in total. The van der Waals surface area contributed by atoms with Crippen LogP contribution in [0.2, 0.25) is 6.04 Å². The van der Waals surface area contributed by atoms with E-state index in [2.05, 4.69) is 9.88 Å². The SMILES string of the molecule is CCO[Si](NCCN(CCCN)CCC[Si](OC)(OC)OC)(OCC)OCC. The summed E-state index contributed by atoms with van der Waals surface area (Å²) in [6.07, 6.45) is 1.88. The van der Waals surface area contributed by atoms with Crippen molar-refractivity contribution in [1.29, 1.82) is 0 Å². The van der Waals surface area contributed by atoms with Crippen LogP contribution >= 0.6 is 0 Å². The minimum absolute atomic E-state index is 0.549. The fourth-order valence-corrected chi connectivity index (χ4v) is 6.76. The van der Waals surface area contributed by atoms with Gasteiger partial charge >= 0.3 is 17.8 Å². The van der Waals surface area contributed by atoms with E-state index in [0.717, 1.165) is 45.1 Å². The molecule has 0 fully saturated rings. The Morgan fingerprint density at radius 1 is 0.786 bits per heavy atom. The van der Waals surface area contributed by atoms with Gasteiger partial charge < -0.3 is 37.2 Å². The van der Waals surface area contributed by atoms with E-state index in [1.54, 1.807) is 21.3 Å². The lowest BCUT2D eigenvalue weighted by atomic mass is 10.3. The minimum atomic E-state index is -2.83. The second kappa shape index (κ2) is 16.8. The van der Waals surface area contributed by atoms with Gasteiger partial charge in [0.1, 0.15) is 0 Å². The highest BCUT2D eigenvalue weighted by Crippen LogP contribution is 2.15. The van der Waals surface area contributed by atoms with Crippen molar-refractivity contribution in [1.82, 2.24) is 9.88 Å². The Morgan fingerprint density at radius 3 is 1.71 bits per heavy atom. The lowest BCUT2D eigenvalue weighted by Crippen LogP contribution is -2.60. The number of nitrogens with two attached hydrogens (primary N) is 1. The first-order valence-electron chi connectivity index (χ1n) is 10.3. The topological polar surface area (TPSA) is 96.7 Å². The first-order valence-corrected chi connectivity index (χ1v) is 13.9. The van der Waals surface area contributed by atoms with E-state index >= 15 is 0 Å². The zero-order valence-corrected chi connectivity index (χ0v) is 20.8. The van der Waals surface area contributed by atoms with Gasteiger partial charge in [-0.05, 0) is 53.2 Å². The van der Waals surface area contributed by atoms with Gasteiger partial charge in [-0.1, -0.05) is 0 Å². The molecule has 28 heavy (non-hydrogen) atoms. The van der Waals surface area contributed by atoms with Crippen LogP contribution in [-0.4, -0.2) is 96.5 Å². The van der Waals surface area contributed by atoms with Crippen LogP contribution < -0.4 is 10.7 Å². The highest BCUT2D eigenvalue weighted by molar-refractivity contribution is 6.60. The van der Waals surface area contributed by atoms with Crippen molar-refractivity contribution in [3.63, 3.8) is 0 Å². The maximum Gasteiger partial charge on any atom is 0.596 e.